The molecule has 0 radical (unpaired) electrons. The summed E-state index contributed by atoms with van der Waals surface area (Å²) in [5, 5.41) is 19.7. The Morgan fingerprint density at radius 2 is 1.39 bits per heavy atom. The molecule has 0 aromatic heterocycles. The fourth-order valence-electron chi connectivity index (χ4n) is 3.80. The van der Waals surface area contributed by atoms with E-state index in [4.69, 9.17) is 5.11 Å². The van der Waals surface area contributed by atoms with Gasteiger partial charge in [0.2, 0.25) is 0 Å². The topological polar surface area (TPSA) is 57.5 Å². The van der Waals surface area contributed by atoms with E-state index in [-0.39, 0.29) is 16.8 Å². The van der Waals surface area contributed by atoms with Crippen molar-refractivity contribution in [3.05, 3.63) is 35.9 Å². The molecule has 0 saturated carbocycles. The average Bonchev–Trinajstić information content (AvgIpc) is 2.70. The Hall–Kier alpha value is -0.831. The third-order valence-corrected chi connectivity index (χ3v) is 6.58. The van der Waals surface area contributed by atoms with Crippen LogP contribution in [0, 0.1) is 0 Å². The number of carboxylic acid groups (broad SMARTS) is 1. The van der Waals surface area contributed by atoms with Crippen LogP contribution in [0.3, 0.4) is 0 Å². The van der Waals surface area contributed by atoms with E-state index in [1.54, 1.807) is 0 Å². The van der Waals surface area contributed by atoms with E-state index in [2.05, 4.69) is 47.2 Å². The Kier molecular flexibility index (Phi) is 14.4. The monoisotopic (exact) mass is 456 g/mol. The molecular formula is C24H40O3Se. The number of rotatable bonds is 17. The number of benzene rings is 1. The second-order valence-corrected chi connectivity index (χ2v) is 9.29. The van der Waals surface area contributed by atoms with Crippen LogP contribution in [0.15, 0.2) is 30.3 Å². The van der Waals surface area contributed by atoms with Crippen LogP contribution in [-0.2, 0) is 4.79 Å². The number of aliphatic hydroxyl groups excluding tert-OH is 1. The number of aliphatic carboxylic acids is 1. The zero-order valence-corrected chi connectivity index (χ0v) is 19.4. The summed E-state index contributed by atoms with van der Waals surface area (Å²) in [6, 6.07) is 10.5. The van der Waals surface area contributed by atoms with Crippen molar-refractivity contribution in [2.45, 2.75) is 107 Å². The molecule has 1 rings (SSSR count). The molecule has 1 aromatic rings. The summed E-state index contributed by atoms with van der Waals surface area (Å²) in [5.41, 5.74) is 1.26. The van der Waals surface area contributed by atoms with Gasteiger partial charge in [0, 0.05) is 0 Å². The molecule has 0 aliphatic heterocycles. The van der Waals surface area contributed by atoms with Crippen LogP contribution in [0.2, 0.25) is 4.82 Å². The van der Waals surface area contributed by atoms with Gasteiger partial charge in [0.1, 0.15) is 0 Å². The van der Waals surface area contributed by atoms with Crippen LogP contribution in [0.25, 0.3) is 0 Å². The predicted molar refractivity (Wildman–Crippen MR) is 119 cm³/mol. The molecule has 0 spiro atoms. The van der Waals surface area contributed by atoms with Gasteiger partial charge in [0.15, 0.2) is 0 Å². The number of carboxylic acids is 1. The van der Waals surface area contributed by atoms with Crippen molar-refractivity contribution in [2.24, 2.45) is 0 Å². The second kappa shape index (κ2) is 16.0. The number of carbonyl (C=O) groups is 1. The zero-order chi connectivity index (χ0) is 20.6. The fourth-order valence-corrected chi connectivity index (χ4v) is 4.18. The molecular weight excluding hydrogens is 415 g/mol. The molecule has 3 unspecified atom stereocenters. The summed E-state index contributed by atoms with van der Waals surface area (Å²) in [6.07, 6.45) is 14.1. The molecule has 0 saturated heterocycles. The van der Waals surface area contributed by atoms with Crippen LogP contribution in [0.5, 0.6) is 0 Å². The molecule has 0 heterocycles. The average molecular weight is 456 g/mol. The molecule has 160 valence electrons. The third kappa shape index (κ3) is 11.2. The first-order valence-electron chi connectivity index (χ1n) is 11.2. The van der Waals surface area contributed by atoms with Gasteiger partial charge in [-0.1, -0.05) is 38.7 Å². The summed E-state index contributed by atoms with van der Waals surface area (Å²) in [6.45, 7) is 2.24. The minimum atomic E-state index is -0.726. The third-order valence-electron chi connectivity index (χ3n) is 5.57. The Labute approximate surface area is 180 Å². The van der Waals surface area contributed by atoms with Crippen molar-refractivity contribution >= 4 is 22.0 Å². The van der Waals surface area contributed by atoms with Gasteiger partial charge in [0.05, 0.1) is 0 Å². The Bertz CT molecular complexity index is 506. The molecule has 0 aliphatic rings. The Morgan fingerprint density at radius 3 is 2.00 bits per heavy atom. The van der Waals surface area contributed by atoms with Crippen LogP contribution < -0.4 is 0 Å². The molecule has 2 N–H and O–H groups in total. The second-order valence-electron chi connectivity index (χ2n) is 7.99. The SMILES string of the molecule is CCCCCCCCC(c1ccccc1)C(O)CCCCCCC([SeH])C(=O)O. The van der Waals surface area contributed by atoms with E-state index < -0.39 is 5.97 Å². The van der Waals surface area contributed by atoms with Gasteiger partial charge in [-0.25, -0.2) is 0 Å². The Morgan fingerprint density at radius 1 is 0.857 bits per heavy atom. The van der Waals surface area contributed by atoms with Crippen LogP contribution in [0.4, 0.5) is 0 Å². The van der Waals surface area contributed by atoms with Crippen molar-refractivity contribution in [1.82, 2.24) is 0 Å². The molecule has 0 bridgehead atoms. The normalized spacial score (nSPS) is 14.5. The van der Waals surface area contributed by atoms with Crippen LogP contribution in [-0.4, -0.2) is 38.3 Å². The van der Waals surface area contributed by atoms with Gasteiger partial charge in [-0.2, -0.15) is 0 Å². The van der Waals surface area contributed by atoms with Crippen LogP contribution in [0.1, 0.15) is 102 Å². The fraction of sp³-hybridized carbons (Fsp3) is 0.708. The molecule has 4 heteroatoms. The Balaban J connectivity index is 2.34. The van der Waals surface area contributed by atoms with Gasteiger partial charge < -0.3 is 0 Å². The summed E-state index contributed by atoms with van der Waals surface area (Å²) in [4.78, 5) is 10.5. The maximum atomic E-state index is 10.8. The van der Waals surface area contributed by atoms with Gasteiger partial charge >= 0.3 is 141 Å². The van der Waals surface area contributed by atoms with Crippen LogP contribution >= 0.6 is 0 Å². The first-order chi connectivity index (χ1) is 13.6. The molecule has 0 fully saturated rings. The molecule has 0 amide bonds. The summed E-state index contributed by atoms with van der Waals surface area (Å²) < 4.78 is 0. The first-order valence-corrected chi connectivity index (χ1v) is 12.3. The van der Waals surface area contributed by atoms with E-state index in [9.17, 15) is 9.90 Å². The zero-order valence-electron chi connectivity index (χ0n) is 17.6. The van der Waals surface area contributed by atoms with E-state index in [1.165, 1.54) is 44.1 Å². The van der Waals surface area contributed by atoms with Crippen molar-refractivity contribution in [3.8, 4) is 0 Å². The van der Waals surface area contributed by atoms with Gasteiger partial charge in [-0.15, -0.1) is 0 Å². The number of hydrogen-bond donors (Lipinski definition) is 2. The maximum absolute atomic E-state index is 10.8. The van der Waals surface area contributed by atoms with E-state index in [0.29, 0.717) is 0 Å². The minimum absolute atomic E-state index is 0.233. The van der Waals surface area contributed by atoms with E-state index in [0.717, 1.165) is 44.9 Å². The molecule has 0 aliphatic carbocycles. The van der Waals surface area contributed by atoms with E-state index in [1.807, 2.05) is 6.07 Å². The molecule has 28 heavy (non-hydrogen) atoms. The number of aliphatic hydroxyl groups is 1. The first kappa shape index (κ1) is 25.2. The molecule has 3 atom stereocenters. The summed E-state index contributed by atoms with van der Waals surface area (Å²) in [7, 11) is 0. The summed E-state index contributed by atoms with van der Waals surface area (Å²) >= 11 is 2.25. The predicted octanol–water partition coefficient (Wildman–Crippen LogP) is 6.00. The van der Waals surface area contributed by atoms with Crippen molar-refractivity contribution in [2.75, 3.05) is 0 Å². The number of unbranched alkanes of at least 4 members (excludes halogenated alkanes) is 8. The van der Waals surface area contributed by atoms with Gasteiger partial charge in [-0.05, 0) is 0 Å². The molecule has 1 aromatic carbocycles. The van der Waals surface area contributed by atoms with Gasteiger partial charge in [0.25, 0.3) is 0 Å². The summed E-state index contributed by atoms with van der Waals surface area (Å²) in [5.74, 6) is -0.493. The van der Waals surface area contributed by atoms with Crippen molar-refractivity contribution in [3.63, 3.8) is 0 Å². The van der Waals surface area contributed by atoms with Crippen molar-refractivity contribution in [1.29, 1.82) is 0 Å². The molecule has 3 nitrogen and oxygen atoms in total. The standard InChI is InChI=1S/C24H40O3Se/c1-2-3-4-5-6-12-17-21(20-15-10-9-11-16-20)22(25)18-13-7-8-14-19-23(28)24(26)27/h9-11,15-16,21-23,25,28H,2-8,12-14,17-19H2,1H3,(H,26,27). The van der Waals surface area contributed by atoms with E-state index >= 15 is 0 Å². The quantitative estimate of drug-likeness (QED) is 0.224. The number of hydrogen-bond acceptors (Lipinski definition) is 2. The van der Waals surface area contributed by atoms with Crippen molar-refractivity contribution < 1.29 is 15.0 Å². The van der Waals surface area contributed by atoms with Gasteiger partial charge in [-0.3, -0.25) is 0 Å².